The molecule has 0 amide bonds. The third kappa shape index (κ3) is 34.4. The van der Waals surface area contributed by atoms with Crippen LogP contribution in [0.2, 0.25) is 0 Å². The molecule has 0 spiro atoms. The summed E-state index contributed by atoms with van der Waals surface area (Å²) >= 11 is 0. The summed E-state index contributed by atoms with van der Waals surface area (Å²) in [5.41, 5.74) is 0. The number of unbranched alkanes of at least 4 members (excludes halogenated alkanes) is 12. The van der Waals surface area contributed by atoms with Crippen LogP contribution in [0.25, 0.3) is 0 Å². The quantitative estimate of drug-likeness (QED) is 0.0295. The molecule has 268 valence electrons. The predicted molar refractivity (Wildman–Crippen MR) is 194 cm³/mol. The molecule has 7 heteroatoms. The Morgan fingerprint density at radius 2 is 1.11 bits per heavy atom. The number of ether oxygens (including phenoxy) is 2. The molecular weight excluding hydrogens is 592 g/mol. The molecule has 0 aromatic carbocycles. The van der Waals surface area contributed by atoms with E-state index >= 15 is 0 Å². The lowest BCUT2D eigenvalue weighted by Gasteiger charge is -2.12. The number of aliphatic hydroxyl groups is 3. The number of carbonyl (C=O) groups is 2. The molecule has 0 saturated carbocycles. The molecule has 0 aliphatic heterocycles. The summed E-state index contributed by atoms with van der Waals surface area (Å²) < 4.78 is 10.2. The van der Waals surface area contributed by atoms with Crippen molar-refractivity contribution in [1.29, 1.82) is 0 Å². The van der Waals surface area contributed by atoms with Crippen molar-refractivity contribution >= 4 is 11.9 Å². The van der Waals surface area contributed by atoms with Gasteiger partial charge in [0, 0.05) is 12.8 Å². The number of rotatable bonds is 31. The molecule has 47 heavy (non-hydrogen) atoms. The van der Waals surface area contributed by atoms with Gasteiger partial charge in [0.2, 0.25) is 0 Å². The van der Waals surface area contributed by atoms with E-state index in [4.69, 9.17) is 9.47 Å². The van der Waals surface area contributed by atoms with Gasteiger partial charge in [-0.1, -0.05) is 157 Å². The maximum absolute atomic E-state index is 11.9. The molecule has 0 saturated heterocycles. The molecule has 0 aliphatic rings. The fourth-order valence-electron chi connectivity index (χ4n) is 4.59. The number of carbonyl (C=O) groups excluding carboxylic acids is 2. The molecule has 3 N–H and O–H groups in total. The summed E-state index contributed by atoms with van der Waals surface area (Å²) in [7, 11) is 0. The third-order valence-corrected chi connectivity index (χ3v) is 7.38. The van der Waals surface area contributed by atoms with Crippen molar-refractivity contribution in [3.05, 3.63) is 72.9 Å². The molecule has 0 heterocycles. The Kier molecular flexibility index (Phi) is 32.6. The van der Waals surface area contributed by atoms with E-state index in [1.807, 2.05) is 48.6 Å². The van der Waals surface area contributed by atoms with Crippen molar-refractivity contribution in [3.63, 3.8) is 0 Å². The Labute approximate surface area is 286 Å². The lowest BCUT2D eigenvalue weighted by molar-refractivity contribution is -0.152. The van der Waals surface area contributed by atoms with Gasteiger partial charge in [0.15, 0.2) is 0 Å². The van der Waals surface area contributed by atoms with Crippen LogP contribution in [0, 0.1) is 0 Å². The van der Waals surface area contributed by atoms with Gasteiger partial charge in [0.1, 0.15) is 19.3 Å². The van der Waals surface area contributed by atoms with E-state index in [9.17, 15) is 24.9 Å². The fourth-order valence-corrected chi connectivity index (χ4v) is 4.59. The summed E-state index contributed by atoms with van der Waals surface area (Å²) in [5, 5.41) is 29.8. The molecule has 0 aromatic heterocycles. The van der Waals surface area contributed by atoms with Crippen LogP contribution in [-0.4, -0.2) is 58.8 Å². The van der Waals surface area contributed by atoms with Crippen LogP contribution in [0.1, 0.15) is 136 Å². The smallest absolute Gasteiger partial charge is 0.305 e. The molecule has 0 rings (SSSR count). The van der Waals surface area contributed by atoms with E-state index in [-0.39, 0.29) is 25.6 Å². The molecule has 0 radical (unpaired) electrons. The van der Waals surface area contributed by atoms with E-state index in [2.05, 4.69) is 13.8 Å². The van der Waals surface area contributed by atoms with Crippen molar-refractivity contribution in [2.75, 3.05) is 13.2 Å². The van der Waals surface area contributed by atoms with Crippen molar-refractivity contribution in [3.8, 4) is 0 Å². The Morgan fingerprint density at radius 3 is 1.68 bits per heavy atom. The summed E-state index contributed by atoms with van der Waals surface area (Å²) in [6.45, 7) is 3.92. The molecule has 0 unspecified atom stereocenters. The summed E-state index contributed by atoms with van der Waals surface area (Å²) in [4.78, 5) is 23.8. The average molecular weight is 659 g/mol. The number of hydrogen-bond acceptors (Lipinski definition) is 7. The summed E-state index contributed by atoms with van der Waals surface area (Å²) in [5.74, 6) is -0.748. The van der Waals surface area contributed by atoms with Crippen LogP contribution in [0.3, 0.4) is 0 Å². The van der Waals surface area contributed by atoms with Gasteiger partial charge < -0.3 is 24.8 Å². The van der Waals surface area contributed by atoms with E-state index < -0.39 is 24.3 Å². The van der Waals surface area contributed by atoms with Gasteiger partial charge in [0.25, 0.3) is 0 Å². The number of allylic oxidation sites excluding steroid dienone is 8. The molecule has 0 fully saturated rings. The van der Waals surface area contributed by atoms with Crippen LogP contribution in [0.5, 0.6) is 0 Å². The first-order chi connectivity index (χ1) is 22.9. The van der Waals surface area contributed by atoms with Crippen LogP contribution < -0.4 is 0 Å². The lowest BCUT2D eigenvalue weighted by Crippen LogP contribution is -2.25. The predicted octanol–water partition coefficient (Wildman–Crippen LogP) is 8.94. The highest BCUT2D eigenvalue weighted by Gasteiger charge is 2.12. The van der Waals surface area contributed by atoms with Gasteiger partial charge in [-0.05, 0) is 38.5 Å². The number of esters is 2. The van der Waals surface area contributed by atoms with E-state index in [0.29, 0.717) is 25.7 Å². The molecule has 7 nitrogen and oxygen atoms in total. The first kappa shape index (κ1) is 44.3. The zero-order valence-electron chi connectivity index (χ0n) is 29.5. The van der Waals surface area contributed by atoms with Crippen molar-refractivity contribution < 1.29 is 34.4 Å². The number of hydrogen-bond donors (Lipinski definition) is 3. The lowest BCUT2D eigenvalue weighted by atomic mass is 10.0. The Bertz CT molecular complexity index is 916. The van der Waals surface area contributed by atoms with Gasteiger partial charge in [-0.15, -0.1) is 0 Å². The van der Waals surface area contributed by atoms with Gasteiger partial charge in [-0.2, -0.15) is 0 Å². The Balaban J connectivity index is 3.77. The largest absolute Gasteiger partial charge is 0.463 e. The molecular formula is C40H66O7. The van der Waals surface area contributed by atoms with Gasteiger partial charge in [-0.3, -0.25) is 9.59 Å². The summed E-state index contributed by atoms with van der Waals surface area (Å²) in [6, 6.07) is 0. The Hall–Kier alpha value is -2.74. The van der Waals surface area contributed by atoms with Gasteiger partial charge in [-0.25, -0.2) is 0 Å². The molecule has 3 atom stereocenters. The van der Waals surface area contributed by atoms with Crippen LogP contribution in [0.4, 0.5) is 0 Å². The fraction of sp³-hybridized carbons (Fsp3) is 0.650. The first-order valence-electron chi connectivity index (χ1n) is 18.2. The number of aliphatic hydroxyl groups excluding tert-OH is 3. The van der Waals surface area contributed by atoms with Crippen LogP contribution in [-0.2, 0) is 19.1 Å². The minimum atomic E-state index is -1.04. The SMILES string of the molecule is CC/C=C\C[C@@H](O)/C=C/C=C\C/C=C\C=C\[C@@H](O)/C=C\CCCC(=O)OC[C@H](O)COC(=O)CCCCCCCCCCCCCC. The highest BCUT2D eigenvalue weighted by Crippen LogP contribution is 2.13. The second-order valence-corrected chi connectivity index (χ2v) is 12.0. The third-order valence-electron chi connectivity index (χ3n) is 7.38. The average Bonchev–Trinajstić information content (AvgIpc) is 3.06. The topological polar surface area (TPSA) is 113 Å². The first-order valence-corrected chi connectivity index (χ1v) is 18.2. The monoisotopic (exact) mass is 658 g/mol. The normalized spacial score (nSPS) is 14.4. The minimum Gasteiger partial charge on any atom is -0.463 e. The van der Waals surface area contributed by atoms with Crippen molar-refractivity contribution in [1.82, 2.24) is 0 Å². The van der Waals surface area contributed by atoms with E-state index in [1.165, 1.54) is 57.8 Å². The van der Waals surface area contributed by atoms with Crippen molar-refractivity contribution in [2.24, 2.45) is 0 Å². The van der Waals surface area contributed by atoms with Crippen LogP contribution >= 0.6 is 0 Å². The molecule has 0 bridgehead atoms. The van der Waals surface area contributed by atoms with Gasteiger partial charge >= 0.3 is 11.9 Å². The standard InChI is InChI=1S/C40H66O7/c1-3-5-7-8-9-10-11-12-13-17-20-26-32-39(44)46-34-38(43)35-47-40(45)33-27-21-25-31-37(42)30-24-19-16-14-15-18-23-29-36(41)28-22-6-4-2/h6,15-16,18-19,22-25,29-31,36-38,41-43H,3-5,7-14,17,20-21,26-28,32-35H2,1-2H3/b18-15-,19-16-,22-6-,29-23+,30-24+,31-25-/t36-,37-,38-/m1/s1. The second kappa shape index (κ2) is 34.6. The molecule has 0 aliphatic carbocycles. The van der Waals surface area contributed by atoms with Gasteiger partial charge in [0.05, 0.1) is 12.2 Å². The second-order valence-electron chi connectivity index (χ2n) is 12.0. The van der Waals surface area contributed by atoms with E-state index in [0.717, 1.165) is 32.1 Å². The summed E-state index contributed by atoms with van der Waals surface area (Å²) in [6.07, 6.45) is 38.9. The van der Waals surface area contributed by atoms with Crippen LogP contribution in [0.15, 0.2) is 72.9 Å². The highest BCUT2D eigenvalue weighted by atomic mass is 16.6. The molecule has 0 aromatic rings. The zero-order valence-corrected chi connectivity index (χ0v) is 29.5. The highest BCUT2D eigenvalue weighted by molar-refractivity contribution is 5.69. The zero-order chi connectivity index (χ0) is 34.6. The van der Waals surface area contributed by atoms with E-state index in [1.54, 1.807) is 24.3 Å². The maximum Gasteiger partial charge on any atom is 0.305 e. The maximum atomic E-state index is 11.9. The minimum absolute atomic E-state index is 0.176. The van der Waals surface area contributed by atoms with Crippen molar-refractivity contribution in [2.45, 2.75) is 154 Å². The Morgan fingerprint density at radius 1 is 0.574 bits per heavy atom.